The van der Waals surface area contributed by atoms with E-state index in [-0.39, 0.29) is 11.4 Å². The summed E-state index contributed by atoms with van der Waals surface area (Å²) in [6.45, 7) is 3.98. The summed E-state index contributed by atoms with van der Waals surface area (Å²) in [5.74, 6) is -0.872. The molecule has 32 heavy (non-hydrogen) atoms. The van der Waals surface area contributed by atoms with Crippen molar-refractivity contribution in [3.8, 4) is 17.2 Å². The van der Waals surface area contributed by atoms with Crippen LogP contribution >= 0.6 is 0 Å². The van der Waals surface area contributed by atoms with E-state index in [2.05, 4.69) is 6.58 Å². The van der Waals surface area contributed by atoms with Crippen molar-refractivity contribution < 1.29 is 28.5 Å². The van der Waals surface area contributed by atoms with Gasteiger partial charge in [0.2, 0.25) is 5.75 Å². The normalized spacial score (nSPS) is 17.6. The standard InChI is InChI=1S/C26H24O6/c1-14-21(26(28)32-5)22(16-12-19(29-2)25(31-4)20(13-16)30-3)23-17-9-7-6-8-15(17)10-11-18(23)24(14)27/h6-13,21-22H,1H2,2-5H3/t21-,22+/m1/s1. The van der Waals surface area contributed by atoms with Gasteiger partial charge in [-0.05, 0) is 34.0 Å². The second kappa shape index (κ2) is 8.38. The number of ether oxygens (including phenoxy) is 4. The van der Waals surface area contributed by atoms with Crippen LogP contribution in [0.5, 0.6) is 17.2 Å². The predicted molar refractivity (Wildman–Crippen MR) is 121 cm³/mol. The molecule has 164 valence electrons. The number of Topliss-reactive ketones (excluding diaryl/α,β-unsaturated/α-hetero) is 1. The Morgan fingerprint density at radius 3 is 2.16 bits per heavy atom. The van der Waals surface area contributed by atoms with Crippen LogP contribution in [-0.2, 0) is 9.53 Å². The van der Waals surface area contributed by atoms with Gasteiger partial charge in [-0.2, -0.15) is 0 Å². The first kappa shape index (κ1) is 21.4. The summed E-state index contributed by atoms with van der Waals surface area (Å²) < 4.78 is 21.7. The minimum absolute atomic E-state index is 0.193. The molecule has 0 aliphatic heterocycles. The number of carbonyl (C=O) groups excluding carboxylic acids is 2. The SMILES string of the molecule is C=C1C(=O)c2ccc3ccccc3c2[C@@H](c2cc(OC)c(OC)c(OC)c2)[C@@H]1C(=O)OC. The topological polar surface area (TPSA) is 71.1 Å². The smallest absolute Gasteiger partial charge is 0.314 e. The number of benzene rings is 3. The number of hydrogen-bond donors (Lipinski definition) is 0. The molecule has 0 unspecified atom stereocenters. The Morgan fingerprint density at radius 2 is 1.56 bits per heavy atom. The van der Waals surface area contributed by atoms with Crippen LogP contribution in [0.25, 0.3) is 10.8 Å². The third kappa shape index (κ3) is 3.19. The van der Waals surface area contributed by atoms with Gasteiger partial charge >= 0.3 is 5.97 Å². The Balaban J connectivity index is 2.10. The molecule has 3 aromatic rings. The lowest BCUT2D eigenvalue weighted by atomic mass is 9.67. The number of carbonyl (C=O) groups is 2. The summed E-state index contributed by atoms with van der Waals surface area (Å²) in [7, 11) is 5.91. The average Bonchev–Trinajstić information content (AvgIpc) is 2.84. The lowest BCUT2D eigenvalue weighted by molar-refractivity contribution is -0.144. The van der Waals surface area contributed by atoms with E-state index in [0.717, 1.165) is 21.9 Å². The van der Waals surface area contributed by atoms with Gasteiger partial charge in [-0.3, -0.25) is 9.59 Å². The van der Waals surface area contributed by atoms with Crippen molar-refractivity contribution in [3.63, 3.8) is 0 Å². The number of esters is 1. The van der Waals surface area contributed by atoms with Gasteiger partial charge in [0.25, 0.3) is 0 Å². The summed E-state index contributed by atoms with van der Waals surface area (Å²) in [6, 6.07) is 15.1. The van der Waals surface area contributed by atoms with Crippen molar-refractivity contribution in [3.05, 3.63) is 77.4 Å². The van der Waals surface area contributed by atoms with Crippen molar-refractivity contribution >= 4 is 22.5 Å². The molecule has 0 fully saturated rings. The molecule has 1 aliphatic carbocycles. The Hall–Kier alpha value is -3.80. The Labute approximate surface area is 186 Å². The van der Waals surface area contributed by atoms with Crippen molar-refractivity contribution in [2.45, 2.75) is 5.92 Å². The van der Waals surface area contributed by atoms with E-state index >= 15 is 0 Å². The lowest BCUT2D eigenvalue weighted by Crippen LogP contribution is -2.34. The first-order chi connectivity index (χ1) is 15.5. The molecule has 4 rings (SSSR count). The van der Waals surface area contributed by atoms with E-state index in [1.807, 2.05) is 30.3 Å². The van der Waals surface area contributed by atoms with Gasteiger partial charge in [-0.1, -0.05) is 43.0 Å². The zero-order chi connectivity index (χ0) is 23.0. The fraction of sp³-hybridized carbons (Fsp3) is 0.231. The maximum atomic E-state index is 13.2. The van der Waals surface area contributed by atoms with Crippen LogP contribution in [0, 0.1) is 5.92 Å². The molecular weight excluding hydrogens is 408 g/mol. The quantitative estimate of drug-likeness (QED) is 0.436. The molecule has 0 amide bonds. The van der Waals surface area contributed by atoms with Crippen LogP contribution in [0.4, 0.5) is 0 Å². The third-order valence-electron chi connectivity index (χ3n) is 6.03. The van der Waals surface area contributed by atoms with Crippen molar-refractivity contribution in [1.82, 2.24) is 0 Å². The fourth-order valence-corrected chi connectivity index (χ4v) is 4.56. The summed E-state index contributed by atoms with van der Waals surface area (Å²) >= 11 is 0. The van der Waals surface area contributed by atoms with Crippen LogP contribution in [0.2, 0.25) is 0 Å². The zero-order valence-electron chi connectivity index (χ0n) is 18.4. The molecule has 6 nitrogen and oxygen atoms in total. The van der Waals surface area contributed by atoms with Gasteiger partial charge in [0.15, 0.2) is 17.3 Å². The Morgan fingerprint density at radius 1 is 0.906 bits per heavy atom. The first-order valence-corrected chi connectivity index (χ1v) is 10.1. The number of fused-ring (bicyclic) bond motifs is 3. The largest absolute Gasteiger partial charge is 0.493 e. The van der Waals surface area contributed by atoms with Crippen LogP contribution < -0.4 is 14.2 Å². The van der Waals surface area contributed by atoms with Gasteiger partial charge in [0.1, 0.15) is 0 Å². The van der Waals surface area contributed by atoms with E-state index in [9.17, 15) is 9.59 Å². The molecule has 0 radical (unpaired) electrons. The molecule has 0 N–H and O–H groups in total. The summed E-state index contributed by atoms with van der Waals surface area (Å²) in [6.07, 6.45) is 0. The molecule has 6 heteroatoms. The molecule has 3 aromatic carbocycles. The van der Waals surface area contributed by atoms with Crippen molar-refractivity contribution in [2.75, 3.05) is 28.4 Å². The monoisotopic (exact) mass is 432 g/mol. The predicted octanol–water partition coefficient (Wildman–Crippen LogP) is 4.54. The molecule has 0 heterocycles. The minimum atomic E-state index is -0.895. The fourth-order valence-electron chi connectivity index (χ4n) is 4.56. The third-order valence-corrected chi connectivity index (χ3v) is 6.03. The number of hydrogen-bond acceptors (Lipinski definition) is 6. The number of ketones is 1. The van der Waals surface area contributed by atoms with E-state index in [1.54, 1.807) is 18.2 Å². The maximum Gasteiger partial charge on any atom is 0.314 e. The minimum Gasteiger partial charge on any atom is -0.493 e. The van der Waals surface area contributed by atoms with Gasteiger partial charge in [0.05, 0.1) is 34.4 Å². The molecule has 2 atom stereocenters. The summed E-state index contributed by atoms with van der Waals surface area (Å²) in [4.78, 5) is 26.2. The van der Waals surface area contributed by atoms with E-state index in [0.29, 0.717) is 22.8 Å². The molecule has 0 bridgehead atoms. The van der Waals surface area contributed by atoms with Crippen LogP contribution in [-0.4, -0.2) is 40.2 Å². The van der Waals surface area contributed by atoms with Crippen LogP contribution in [0.1, 0.15) is 27.4 Å². The highest BCUT2D eigenvalue weighted by Crippen LogP contribution is 2.49. The van der Waals surface area contributed by atoms with E-state index < -0.39 is 17.8 Å². The molecule has 0 spiro atoms. The highest BCUT2D eigenvalue weighted by Gasteiger charge is 2.44. The van der Waals surface area contributed by atoms with Gasteiger partial charge in [-0.25, -0.2) is 0 Å². The van der Waals surface area contributed by atoms with Crippen molar-refractivity contribution in [2.24, 2.45) is 5.92 Å². The van der Waals surface area contributed by atoms with Gasteiger partial charge in [-0.15, -0.1) is 0 Å². The van der Waals surface area contributed by atoms with E-state index in [4.69, 9.17) is 18.9 Å². The second-order valence-corrected chi connectivity index (χ2v) is 7.54. The second-order valence-electron chi connectivity index (χ2n) is 7.54. The maximum absolute atomic E-state index is 13.2. The Kier molecular flexibility index (Phi) is 5.61. The molecule has 0 saturated heterocycles. The molecule has 1 aliphatic rings. The van der Waals surface area contributed by atoms with E-state index in [1.165, 1.54) is 28.4 Å². The van der Waals surface area contributed by atoms with Crippen LogP contribution in [0.3, 0.4) is 0 Å². The Bertz CT molecular complexity index is 1220. The molecule has 0 saturated carbocycles. The lowest BCUT2D eigenvalue weighted by Gasteiger charge is -2.34. The highest BCUT2D eigenvalue weighted by molar-refractivity contribution is 6.16. The van der Waals surface area contributed by atoms with Gasteiger partial charge < -0.3 is 18.9 Å². The summed E-state index contributed by atoms with van der Waals surface area (Å²) in [5.41, 5.74) is 2.19. The number of methoxy groups -OCH3 is 4. The molecule has 0 aromatic heterocycles. The highest BCUT2D eigenvalue weighted by atomic mass is 16.5. The van der Waals surface area contributed by atoms with Gasteiger partial charge in [0, 0.05) is 17.1 Å². The first-order valence-electron chi connectivity index (χ1n) is 10.1. The molecular formula is C26H24O6. The summed E-state index contributed by atoms with van der Waals surface area (Å²) in [5, 5.41) is 1.85. The zero-order valence-corrected chi connectivity index (χ0v) is 18.4. The average molecular weight is 432 g/mol. The van der Waals surface area contributed by atoms with Crippen LogP contribution in [0.15, 0.2) is 60.7 Å². The van der Waals surface area contributed by atoms with Crippen molar-refractivity contribution in [1.29, 1.82) is 0 Å². The number of rotatable bonds is 5.